The minimum Gasteiger partial charge on any atom is -0.394 e. The molecule has 2 saturated heterocycles. The van der Waals surface area contributed by atoms with Crippen molar-refractivity contribution in [2.24, 2.45) is 0 Å². The van der Waals surface area contributed by atoms with Gasteiger partial charge in [0.25, 0.3) is 0 Å². The molecule has 5 nitrogen and oxygen atoms in total. The summed E-state index contributed by atoms with van der Waals surface area (Å²) in [5.74, 6) is 0. The lowest BCUT2D eigenvalue weighted by Gasteiger charge is -2.45. The Morgan fingerprint density at radius 3 is 2.04 bits per heavy atom. The number of aliphatic hydroxyl groups is 1. The van der Waals surface area contributed by atoms with Gasteiger partial charge in [0.05, 0.1) is 13.2 Å². The predicted octanol–water partition coefficient (Wildman–Crippen LogP) is 2.58. The second kappa shape index (κ2) is 7.01. The van der Waals surface area contributed by atoms with Gasteiger partial charge in [-0.3, -0.25) is 0 Å². The van der Waals surface area contributed by atoms with Crippen LogP contribution in [-0.4, -0.2) is 36.6 Å². The summed E-state index contributed by atoms with van der Waals surface area (Å²) >= 11 is 0. The summed E-state index contributed by atoms with van der Waals surface area (Å²) in [6, 6.07) is 19.4. The summed E-state index contributed by atoms with van der Waals surface area (Å²) in [4.78, 5) is 0. The van der Waals surface area contributed by atoms with Crippen LogP contribution in [0.2, 0.25) is 0 Å². The topological polar surface area (TPSA) is 57.2 Å². The second-order valence-corrected chi connectivity index (χ2v) is 5.95. The van der Waals surface area contributed by atoms with Crippen molar-refractivity contribution in [1.82, 2.24) is 0 Å². The zero-order chi connectivity index (χ0) is 16.4. The van der Waals surface area contributed by atoms with Gasteiger partial charge >= 0.3 is 0 Å². The first-order valence-corrected chi connectivity index (χ1v) is 8.14. The van der Waals surface area contributed by atoms with Gasteiger partial charge in [-0.05, 0) is 0 Å². The minimum absolute atomic E-state index is 0.130. The molecule has 2 aliphatic rings. The molecule has 0 aliphatic carbocycles. The van der Waals surface area contributed by atoms with Crippen molar-refractivity contribution in [2.75, 3.05) is 13.2 Å². The predicted molar refractivity (Wildman–Crippen MR) is 86.0 cm³/mol. The number of rotatable bonds is 3. The van der Waals surface area contributed by atoms with Crippen LogP contribution in [0, 0.1) is 0 Å². The molecule has 5 atom stereocenters. The molecular weight excluding hydrogens is 308 g/mol. The lowest BCUT2D eigenvalue weighted by molar-refractivity contribution is -0.366. The third kappa shape index (κ3) is 3.09. The molecule has 0 saturated carbocycles. The van der Waals surface area contributed by atoms with Gasteiger partial charge in [0.1, 0.15) is 18.3 Å². The van der Waals surface area contributed by atoms with Crippen LogP contribution < -0.4 is 0 Å². The van der Waals surface area contributed by atoms with Crippen molar-refractivity contribution in [2.45, 2.75) is 30.9 Å². The van der Waals surface area contributed by atoms with E-state index in [-0.39, 0.29) is 18.8 Å². The normalized spacial score (nSPS) is 33.0. The first kappa shape index (κ1) is 15.7. The number of benzene rings is 2. The van der Waals surface area contributed by atoms with Crippen LogP contribution in [0.4, 0.5) is 0 Å². The summed E-state index contributed by atoms with van der Waals surface area (Å²) in [7, 11) is 0. The maximum Gasteiger partial charge on any atom is 0.184 e. The Morgan fingerprint density at radius 1 is 0.792 bits per heavy atom. The Labute approximate surface area is 140 Å². The first-order valence-electron chi connectivity index (χ1n) is 8.14. The Morgan fingerprint density at radius 2 is 1.42 bits per heavy atom. The second-order valence-electron chi connectivity index (χ2n) is 5.95. The zero-order valence-corrected chi connectivity index (χ0v) is 13.2. The highest BCUT2D eigenvalue weighted by Crippen LogP contribution is 2.37. The molecule has 1 N–H and O–H groups in total. The van der Waals surface area contributed by atoms with Gasteiger partial charge in [-0.25, -0.2) is 0 Å². The first-order chi connectivity index (χ1) is 11.8. The van der Waals surface area contributed by atoms with Gasteiger partial charge in [-0.1, -0.05) is 60.7 Å². The van der Waals surface area contributed by atoms with Gasteiger partial charge in [-0.2, -0.15) is 0 Å². The van der Waals surface area contributed by atoms with Crippen LogP contribution >= 0.6 is 0 Å². The molecule has 2 aromatic carbocycles. The Balaban J connectivity index is 1.51. The summed E-state index contributed by atoms with van der Waals surface area (Å²) < 4.78 is 23.8. The molecule has 2 fully saturated rings. The van der Waals surface area contributed by atoms with Gasteiger partial charge in [0, 0.05) is 11.1 Å². The molecule has 5 heteroatoms. The summed E-state index contributed by atoms with van der Waals surface area (Å²) in [5, 5.41) is 9.75. The number of hydrogen-bond donors (Lipinski definition) is 1. The smallest absolute Gasteiger partial charge is 0.184 e. The van der Waals surface area contributed by atoms with Crippen molar-refractivity contribution < 1.29 is 24.1 Å². The van der Waals surface area contributed by atoms with E-state index in [1.54, 1.807) is 0 Å². The van der Waals surface area contributed by atoms with E-state index in [4.69, 9.17) is 18.9 Å². The standard InChI is InChI=1S/C19H20O5/c20-11-15-17-16(23-19(22-15)14-9-5-2-6-10-14)12-21-18(24-17)13-7-3-1-4-8-13/h1-10,15-20H,11-12H2/t15-,16+,17+,18?,19?/m0/s1. The van der Waals surface area contributed by atoms with Crippen molar-refractivity contribution in [3.8, 4) is 0 Å². The molecule has 0 spiro atoms. The van der Waals surface area contributed by atoms with Crippen LogP contribution in [0.5, 0.6) is 0 Å². The third-order valence-electron chi connectivity index (χ3n) is 4.35. The fourth-order valence-corrected chi connectivity index (χ4v) is 3.12. The van der Waals surface area contributed by atoms with E-state index in [1.807, 2.05) is 60.7 Å². The van der Waals surface area contributed by atoms with Crippen molar-refractivity contribution in [3.63, 3.8) is 0 Å². The molecule has 0 aromatic heterocycles. The van der Waals surface area contributed by atoms with Crippen molar-refractivity contribution >= 4 is 0 Å². The lowest BCUT2D eigenvalue weighted by Crippen LogP contribution is -2.55. The molecule has 0 bridgehead atoms. The summed E-state index contributed by atoms with van der Waals surface area (Å²) in [6.07, 6.45) is -2.09. The molecule has 2 aromatic rings. The highest BCUT2D eigenvalue weighted by Gasteiger charge is 2.45. The SMILES string of the molecule is OC[C@@H]1OC(c2ccccc2)O[C@@H]2COC(c3ccccc3)O[C@H]12. The monoisotopic (exact) mass is 328 g/mol. The maximum atomic E-state index is 9.75. The minimum atomic E-state index is -0.523. The van der Waals surface area contributed by atoms with Gasteiger partial charge < -0.3 is 24.1 Å². The molecule has 0 amide bonds. The zero-order valence-electron chi connectivity index (χ0n) is 13.2. The van der Waals surface area contributed by atoms with E-state index >= 15 is 0 Å². The van der Waals surface area contributed by atoms with E-state index in [9.17, 15) is 5.11 Å². The molecule has 4 rings (SSSR count). The number of hydrogen-bond acceptors (Lipinski definition) is 5. The van der Waals surface area contributed by atoms with Gasteiger partial charge in [-0.15, -0.1) is 0 Å². The average molecular weight is 328 g/mol. The average Bonchev–Trinajstić information content (AvgIpc) is 2.68. The lowest BCUT2D eigenvalue weighted by atomic mass is 10.0. The number of fused-ring (bicyclic) bond motifs is 1. The van der Waals surface area contributed by atoms with Gasteiger partial charge in [0.15, 0.2) is 12.6 Å². The third-order valence-corrected chi connectivity index (χ3v) is 4.35. The molecule has 24 heavy (non-hydrogen) atoms. The highest BCUT2D eigenvalue weighted by atomic mass is 16.8. The molecular formula is C19H20O5. The van der Waals surface area contributed by atoms with E-state index in [2.05, 4.69) is 0 Å². The quantitative estimate of drug-likeness (QED) is 0.938. The summed E-state index contributed by atoms with van der Waals surface area (Å²) in [6.45, 7) is 0.267. The van der Waals surface area contributed by atoms with Crippen molar-refractivity contribution in [3.05, 3.63) is 71.8 Å². The Kier molecular flexibility index (Phi) is 4.60. The van der Waals surface area contributed by atoms with Crippen molar-refractivity contribution in [1.29, 1.82) is 0 Å². The number of ether oxygens (including phenoxy) is 4. The van der Waals surface area contributed by atoms with Crippen LogP contribution in [-0.2, 0) is 18.9 Å². The van der Waals surface area contributed by atoms with Crippen LogP contribution in [0.25, 0.3) is 0 Å². The maximum absolute atomic E-state index is 9.75. The molecule has 0 radical (unpaired) electrons. The fraction of sp³-hybridized carbons (Fsp3) is 0.368. The molecule has 2 unspecified atom stereocenters. The summed E-state index contributed by atoms with van der Waals surface area (Å²) in [5.41, 5.74) is 1.86. The Hall–Kier alpha value is -1.76. The van der Waals surface area contributed by atoms with E-state index in [1.165, 1.54) is 0 Å². The molecule has 2 aliphatic heterocycles. The molecule has 126 valence electrons. The molecule has 2 heterocycles. The Bertz CT molecular complexity index is 639. The van der Waals surface area contributed by atoms with Crippen LogP contribution in [0.1, 0.15) is 23.7 Å². The highest BCUT2D eigenvalue weighted by molar-refractivity contribution is 5.18. The van der Waals surface area contributed by atoms with E-state index in [0.717, 1.165) is 11.1 Å². The van der Waals surface area contributed by atoms with Gasteiger partial charge in [0.2, 0.25) is 0 Å². The van der Waals surface area contributed by atoms with Crippen LogP contribution in [0.15, 0.2) is 60.7 Å². The van der Waals surface area contributed by atoms with Crippen LogP contribution in [0.3, 0.4) is 0 Å². The number of aliphatic hydroxyl groups excluding tert-OH is 1. The largest absolute Gasteiger partial charge is 0.394 e. The fourth-order valence-electron chi connectivity index (χ4n) is 3.12. The van der Waals surface area contributed by atoms with E-state index < -0.39 is 18.7 Å². The van der Waals surface area contributed by atoms with E-state index in [0.29, 0.717) is 6.61 Å².